The summed E-state index contributed by atoms with van der Waals surface area (Å²) in [7, 11) is 0. The van der Waals surface area contributed by atoms with Crippen LogP contribution in [0.25, 0.3) is 0 Å². The highest BCUT2D eigenvalue weighted by atomic mass is 35.5. The number of aryl methyl sites for hydroxylation is 4. The first-order valence-corrected chi connectivity index (χ1v) is 11.6. The highest BCUT2D eigenvalue weighted by Gasteiger charge is 2.39. The number of nitrogens with one attached hydrogen (secondary N) is 1. The van der Waals surface area contributed by atoms with Gasteiger partial charge < -0.3 is 5.32 Å². The van der Waals surface area contributed by atoms with Crippen molar-refractivity contribution in [3.63, 3.8) is 0 Å². The number of anilines is 1. The minimum Gasteiger partial charge on any atom is -0.350 e. The van der Waals surface area contributed by atoms with Crippen molar-refractivity contribution in [3.05, 3.63) is 92.2 Å². The third-order valence-corrected chi connectivity index (χ3v) is 6.38. The Kier molecular flexibility index (Phi) is 6.54. The van der Waals surface area contributed by atoms with E-state index in [1.54, 1.807) is 24.3 Å². The summed E-state index contributed by atoms with van der Waals surface area (Å²) < 4.78 is 0. The first-order valence-electron chi connectivity index (χ1n) is 10.4. The molecule has 33 heavy (non-hydrogen) atoms. The first kappa shape index (κ1) is 23.0. The Balaban J connectivity index is 1.71. The molecule has 0 fully saturated rings. The minimum absolute atomic E-state index is 0.144. The summed E-state index contributed by atoms with van der Waals surface area (Å²) in [5, 5.41) is 4.23. The molecule has 0 spiro atoms. The van der Waals surface area contributed by atoms with Crippen molar-refractivity contribution in [2.24, 2.45) is 0 Å². The van der Waals surface area contributed by atoms with E-state index in [0.29, 0.717) is 10.2 Å². The molecule has 2 amide bonds. The minimum atomic E-state index is -0.387. The maximum atomic E-state index is 13.4. The summed E-state index contributed by atoms with van der Waals surface area (Å²) in [5.41, 5.74) is 5.49. The first-order chi connectivity index (χ1) is 15.7. The Hall–Kier alpha value is -3.16. The van der Waals surface area contributed by atoms with E-state index in [2.05, 4.69) is 15.3 Å². The van der Waals surface area contributed by atoms with Gasteiger partial charge in [-0.15, -0.1) is 0 Å². The lowest BCUT2D eigenvalue weighted by Gasteiger charge is -2.16. The van der Waals surface area contributed by atoms with E-state index in [1.165, 1.54) is 4.90 Å². The molecule has 4 rings (SSSR count). The second-order valence-corrected chi connectivity index (χ2v) is 9.42. The van der Waals surface area contributed by atoms with Crippen LogP contribution in [-0.4, -0.2) is 26.7 Å². The predicted octanol–water partition coefficient (Wildman–Crippen LogP) is 5.35. The van der Waals surface area contributed by atoms with Crippen molar-refractivity contribution >= 4 is 40.9 Å². The Morgan fingerprint density at radius 2 is 1.58 bits per heavy atom. The molecule has 1 aromatic heterocycles. The molecule has 0 radical (unpaired) electrons. The number of nitrogens with zero attached hydrogens (tertiary/aromatic N) is 3. The summed E-state index contributed by atoms with van der Waals surface area (Å²) in [6.45, 7) is 7.85. The molecule has 0 bridgehead atoms. The van der Waals surface area contributed by atoms with Gasteiger partial charge in [0, 0.05) is 22.1 Å². The molecule has 1 aliphatic heterocycles. The van der Waals surface area contributed by atoms with Gasteiger partial charge in [-0.3, -0.25) is 14.5 Å². The molecular weight excluding hydrogens is 456 g/mol. The number of rotatable bonds is 6. The van der Waals surface area contributed by atoms with Crippen molar-refractivity contribution in [2.45, 2.75) is 39.4 Å². The number of imide groups is 1. The molecular formula is C25H23ClN4O2S. The second kappa shape index (κ2) is 9.37. The lowest BCUT2D eigenvalue weighted by molar-refractivity contribution is -0.137. The van der Waals surface area contributed by atoms with E-state index < -0.39 is 0 Å². The number of carbonyl (C=O) groups is 2. The molecule has 0 unspecified atom stereocenters. The molecule has 1 N–H and O–H groups in total. The smallest absolute Gasteiger partial charge is 0.278 e. The van der Waals surface area contributed by atoms with Crippen LogP contribution in [0.3, 0.4) is 0 Å². The topological polar surface area (TPSA) is 75.2 Å². The third kappa shape index (κ3) is 5.10. The fraction of sp³-hybridized carbons (Fsp3) is 0.200. The highest BCUT2D eigenvalue weighted by molar-refractivity contribution is 8.04. The standard InChI is InChI=1S/C25H23ClN4O2S/c1-14-5-10-20(15(2)11-14)29-21-22(33-25-27-16(3)12-17(4)28-25)24(32)30(23(21)31)13-18-6-8-19(26)9-7-18/h5-12,29H,13H2,1-4H3. The molecule has 1 aliphatic rings. The van der Waals surface area contributed by atoms with E-state index in [9.17, 15) is 9.59 Å². The maximum Gasteiger partial charge on any atom is 0.278 e. The van der Waals surface area contributed by atoms with Crippen molar-refractivity contribution in [2.75, 3.05) is 5.32 Å². The fourth-order valence-corrected chi connectivity index (χ4v) is 4.72. The van der Waals surface area contributed by atoms with Crippen LogP contribution in [0, 0.1) is 27.7 Å². The molecule has 6 nitrogen and oxygen atoms in total. The Bertz CT molecular complexity index is 1270. The zero-order valence-corrected chi connectivity index (χ0v) is 20.3. The lowest BCUT2D eigenvalue weighted by atomic mass is 10.1. The number of hydrogen-bond donors (Lipinski definition) is 1. The molecule has 0 atom stereocenters. The number of carbonyl (C=O) groups excluding carboxylic acids is 2. The number of thioether (sulfide) groups is 1. The summed E-state index contributed by atoms with van der Waals surface area (Å²) in [4.78, 5) is 37.2. The van der Waals surface area contributed by atoms with Crippen LogP contribution >= 0.6 is 23.4 Å². The van der Waals surface area contributed by atoms with Crippen molar-refractivity contribution in [3.8, 4) is 0 Å². The molecule has 0 saturated heterocycles. The molecule has 3 aromatic rings. The van der Waals surface area contributed by atoms with Gasteiger partial charge in [0.25, 0.3) is 11.8 Å². The van der Waals surface area contributed by atoms with Gasteiger partial charge >= 0.3 is 0 Å². The van der Waals surface area contributed by atoms with E-state index in [1.807, 2.05) is 52.0 Å². The number of benzene rings is 2. The molecule has 0 saturated carbocycles. The number of amides is 2. The van der Waals surface area contributed by atoms with Crippen LogP contribution in [0.15, 0.2) is 64.3 Å². The van der Waals surface area contributed by atoms with Crippen LogP contribution in [0.4, 0.5) is 5.69 Å². The van der Waals surface area contributed by atoms with Crippen molar-refractivity contribution < 1.29 is 9.59 Å². The zero-order valence-electron chi connectivity index (χ0n) is 18.8. The van der Waals surface area contributed by atoms with E-state index in [-0.39, 0.29) is 29.0 Å². The molecule has 8 heteroatoms. The monoisotopic (exact) mass is 478 g/mol. The fourth-order valence-electron chi connectivity index (χ4n) is 3.59. The Morgan fingerprint density at radius 3 is 2.21 bits per heavy atom. The van der Waals surface area contributed by atoms with E-state index >= 15 is 0 Å². The van der Waals surface area contributed by atoms with Crippen molar-refractivity contribution in [1.82, 2.24) is 14.9 Å². The van der Waals surface area contributed by atoms with Gasteiger partial charge in [0.1, 0.15) is 10.6 Å². The average molecular weight is 479 g/mol. The largest absolute Gasteiger partial charge is 0.350 e. The number of halogens is 1. The molecule has 168 valence electrons. The van der Waals surface area contributed by atoms with E-state index in [4.69, 9.17) is 11.6 Å². The summed E-state index contributed by atoms with van der Waals surface area (Å²) in [5.74, 6) is -0.767. The SMILES string of the molecule is Cc1ccc(NC2=C(Sc3nc(C)cc(C)n3)C(=O)N(Cc3ccc(Cl)cc3)C2=O)c(C)c1. The summed E-state index contributed by atoms with van der Waals surface area (Å²) >= 11 is 7.09. The van der Waals surface area contributed by atoms with Crippen LogP contribution in [0.2, 0.25) is 5.02 Å². The summed E-state index contributed by atoms with van der Waals surface area (Å²) in [6.07, 6.45) is 0. The van der Waals surface area contributed by atoms with Crippen LogP contribution < -0.4 is 5.32 Å². The predicted molar refractivity (Wildman–Crippen MR) is 131 cm³/mol. The van der Waals surface area contributed by atoms with Gasteiger partial charge in [-0.1, -0.05) is 41.4 Å². The Labute approximate surface area is 202 Å². The van der Waals surface area contributed by atoms with Crippen LogP contribution in [0.5, 0.6) is 0 Å². The van der Waals surface area contributed by atoms with Gasteiger partial charge in [-0.25, -0.2) is 9.97 Å². The van der Waals surface area contributed by atoms with E-state index in [0.717, 1.165) is 45.5 Å². The lowest BCUT2D eigenvalue weighted by Crippen LogP contribution is -2.32. The number of hydrogen-bond acceptors (Lipinski definition) is 6. The highest BCUT2D eigenvalue weighted by Crippen LogP contribution is 2.36. The number of aromatic nitrogens is 2. The maximum absolute atomic E-state index is 13.4. The summed E-state index contributed by atoms with van der Waals surface area (Å²) in [6, 6.07) is 14.8. The van der Waals surface area contributed by atoms with Gasteiger partial charge in [-0.05, 0) is 74.8 Å². The second-order valence-electron chi connectivity index (χ2n) is 8.01. The van der Waals surface area contributed by atoms with Gasteiger partial charge in [0.15, 0.2) is 5.16 Å². The quantitative estimate of drug-likeness (QED) is 0.380. The molecule has 2 aromatic carbocycles. The van der Waals surface area contributed by atoms with Crippen LogP contribution in [0.1, 0.15) is 28.1 Å². The third-order valence-electron chi connectivity index (χ3n) is 5.18. The van der Waals surface area contributed by atoms with Gasteiger partial charge in [-0.2, -0.15) is 0 Å². The average Bonchev–Trinajstić information content (AvgIpc) is 2.95. The van der Waals surface area contributed by atoms with Gasteiger partial charge in [0.2, 0.25) is 0 Å². The van der Waals surface area contributed by atoms with Crippen molar-refractivity contribution in [1.29, 1.82) is 0 Å². The van der Waals surface area contributed by atoms with Gasteiger partial charge in [0.05, 0.1) is 6.54 Å². The normalized spacial score (nSPS) is 13.8. The molecule has 2 heterocycles. The van der Waals surface area contributed by atoms with Crippen LogP contribution in [-0.2, 0) is 16.1 Å². The zero-order chi connectivity index (χ0) is 23.7. The Morgan fingerprint density at radius 1 is 0.909 bits per heavy atom. The molecule has 0 aliphatic carbocycles.